The zero-order valence-electron chi connectivity index (χ0n) is 10.9. The Morgan fingerprint density at radius 3 is 2.75 bits per heavy atom. The molecular weight excluding hydrogens is 254 g/mol. The standard InChI is InChI=1S/C15H13N3O2/c1-9-6-7-12(17-8-9)18-15(19)14-13(16)10-4-2-3-5-11(10)20-14/h2-8H,16H2,1H3,(H,17,18,19). The van der Waals surface area contributed by atoms with Crippen molar-refractivity contribution in [3.63, 3.8) is 0 Å². The molecule has 0 unspecified atom stereocenters. The van der Waals surface area contributed by atoms with Gasteiger partial charge in [-0.3, -0.25) is 4.79 Å². The van der Waals surface area contributed by atoms with E-state index in [4.69, 9.17) is 10.2 Å². The van der Waals surface area contributed by atoms with Crippen LogP contribution in [0.15, 0.2) is 47.0 Å². The van der Waals surface area contributed by atoms with E-state index in [1.54, 1.807) is 18.3 Å². The number of carbonyl (C=O) groups excluding carboxylic acids is 1. The maximum atomic E-state index is 12.2. The topological polar surface area (TPSA) is 81.2 Å². The second-order valence-electron chi connectivity index (χ2n) is 4.52. The molecule has 0 atom stereocenters. The quantitative estimate of drug-likeness (QED) is 0.748. The van der Waals surface area contributed by atoms with Crippen LogP contribution in [-0.4, -0.2) is 10.9 Å². The summed E-state index contributed by atoms with van der Waals surface area (Å²) in [5, 5.41) is 3.39. The number of pyridine rings is 1. The molecule has 2 aromatic heterocycles. The molecule has 0 aliphatic carbocycles. The van der Waals surface area contributed by atoms with Gasteiger partial charge in [0.1, 0.15) is 11.4 Å². The fourth-order valence-electron chi connectivity index (χ4n) is 1.95. The molecule has 0 bridgehead atoms. The molecule has 3 rings (SSSR count). The third kappa shape index (κ3) is 2.09. The number of furan rings is 1. The lowest BCUT2D eigenvalue weighted by Crippen LogP contribution is -2.13. The number of carbonyl (C=O) groups is 1. The molecule has 0 saturated carbocycles. The van der Waals surface area contributed by atoms with Crippen molar-refractivity contribution in [3.8, 4) is 0 Å². The van der Waals surface area contributed by atoms with E-state index in [9.17, 15) is 4.79 Å². The molecule has 2 heterocycles. The summed E-state index contributed by atoms with van der Waals surface area (Å²) in [4.78, 5) is 16.3. The number of anilines is 2. The Hall–Kier alpha value is -2.82. The number of hydrogen-bond donors (Lipinski definition) is 2. The van der Waals surface area contributed by atoms with Crippen LogP contribution in [0.25, 0.3) is 11.0 Å². The van der Waals surface area contributed by atoms with Gasteiger partial charge < -0.3 is 15.5 Å². The highest BCUT2D eigenvalue weighted by atomic mass is 16.3. The van der Waals surface area contributed by atoms with E-state index in [2.05, 4.69) is 10.3 Å². The van der Waals surface area contributed by atoms with Crippen molar-refractivity contribution >= 4 is 28.4 Å². The van der Waals surface area contributed by atoms with Crippen LogP contribution in [0.2, 0.25) is 0 Å². The molecule has 3 N–H and O–H groups in total. The summed E-state index contributed by atoms with van der Waals surface area (Å²) in [6, 6.07) is 10.9. The van der Waals surface area contributed by atoms with Crippen molar-refractivity contribution in [2.45, 2.75) is 6.92 Å². The van der Waals surface area contributed by atoms with Crippen molar-refractivity contribution in [1.82, 2.24) is 4.98 Å². The van der Waals surface area contributed by atoms with Crippen LogP contribution in [0, 0.1) is 6.92 Å². The first-order valence-electron chi connectivity index (χ1n) is 6.16. The van der Waals surface area contributed by atoms with E-state index < -0.39 is 5.91 Å². The summed E-state index contributed by atoms with van der Waals surface area (Å²) >= 11 is 0. The Labute approximate surface area is 115 Å². The molecule has 1 amide bonds. The maximum Gasteiger partial charge on any atom is 0.294 e. The van der Waals surface area contributed by atoms with Crippen molar-refractivity contribution in [1.29, 1.82) is 0 Å². The fraction of sp³-hybridized carbons (Fsp3) is 0.0667. The van der Waals surface area contributed by atoms with Crippen LogP contribution in [0.4, 0.5) is 11.5 Å². The predicted molar refractivity (Wildman–Crippen MR) is 77.6 cm³/mol. The van der Waals surface area contributed by atoms with E-state index in [1.807, 2.05) is 31.2 Å². The van der Waals surface area contributed by atoms with Gasteiger partial charge in [-0.25, -0.2) is 4.98 Å². The Bertz CT molecular complexity index is 775. The minimum Gasteiger partial charge on any atom is -0.449 e. The first-order chi connectivity index (χ1) is 9.65. The third-order valence-electron chi connectivity index (χ3n) is 2.99. The van der Waals surface area contributed by atoms with Gasteiger partial charge in [0.2, 0.25) is 5.76 Å². The summed E-state index contributed by atoms with van der Waals surface area (Å²) < 4.78 is 5.49. The molecule has 5 heteroatoms. The molecule has 20 heavy (non-hydrogen) atoms. The number of benzene rings is 1. The smallest absolute Gasteiger partial charge is 0.294 e. The average Bonchev–Trinajstić information content (AvgIpc) is 2.79. The lowest BCUT2D eigenvalue weighted by molar-refractivity contribution is 0.0999. The van der Waals surface area contributed by atoms with Crippen molar-refractivity contribution in [2.75, 3.05) is 11.1 Å². The van der Waals surface area contributed by atoms with Gasteiger partial charge in [-0.15, -0.1) is 0 Å². The van der Waals surface area contributed by atoms with Gasteiger partial charge in [-0.1, -0.05) is 18.2 Å². The minimum absolute atomic E-state index is 0.105. The fourth-order valence-corrected chi connectivity index (χ4v) is 1.95. The Balaban J connectivity index is 1.92. The number of aromatic nitrogens is 1. The SMILES string of the molecule is Cc1ccc(NC(=O)c2oc3ccccc3c2N)nc1. The van der Waals surface area contributed by atoms with Gasteiger partial charge in [-0.05, 0) is 30.7 Å². The zero-order valence-corrected chi connectivity index (χ0v) is 10.9. The van der Waals surface area contributed by atoms with Gasteiger partial charge >= 0.3 is 0 Å². The number of amides is 1. The number of nitrogens with one attached hydrogen (secondary N) is 1. The Morgan fingerprint density at radius 2 is 2.05 bits per heavy atom. The Morgan fingerprint density at radius 1 is 1.25 bits per heavy atom. The van der Waals surface area contributed by atoms with E-state index in [0.717, 1.165) is 10.9 Å². The number of rotatable bonds is 2. The van der Waals surface area contributed by atoms with E-state index >= 15 is 0 Å². The number of nitrogens with zero attached hydrogens (tertiary/aromatic N) is 1. The van der Waals surface area contributed by atoms with Gasteiger partial charge in [0, 0.05) is 11.6 Å². The highest BCUT2D eigenvalue weighted by Crippen LogP contribution is 2.28. The molecule has 5 nitrogen and oxygen atoms in total. The van der Waals surface area contributed by atoms with Gasteiger partial charge in [-0.2, -0.15) is 0 Å². The number of fused-ring (bicyclic) bond motifs is 1. The largest absolute Gasteiger partial charge is 0.449 e. The lowest BCUT2D eigenvalue weighted by Gasteiger charge is -2.02. The molecular formula is C15H13N3O2. The van der Waals surface area contributed by atoms with E-state index in [-0.39, 0.29) is 5.76 Å². The van der Waals surface area contributed by atoms with Crippen molar-refractivity contribution < 1.29 is 9.21 Å². The summed E-state index contributed by atoms with van der Waals surface area (Å²) in [5.41, 5.74) is 7.89. The van der Waals surface area contributed by atoms with Crippen LogP contribution in [0.3, 0.4) is 0 Å². The summed E-state index contributed by atoms with van der Waals surface area (Å²) in [5.74, 6) is 0.157. The number of nitrogen functional groups attached to an aromatic ring is 1. The summed E-state index contributed by atoms with van der Waals surface area (Å²) in [6.45, 7) is 1.93. The predicted octanol–water partition coefficient (Wildman–Crippen LogP) is 2.97. The number of aryl methyl sites for hydroxylation is 1. The number of nitrogens with two attached hydrogens (primary N) is 1. The molecule has 0 saturated heterocycles. The summed E-state index contributed by atoms with van der Waals surface area (Å²) in [7, 11) is 0. The maximum absolute atomic E-state index is 12.2. The number of para-hydroxylation sites is 1. The molecule has 0 radical (unpaired) electrons. The van der Waals surface area contributed by atoms with Gasteiger partial charge in [0.15, 0.2) is 0 Å². The minimum atomic E-state index is -0.407. The second kappa shape index (κ2) is 4.70. The molecule has 1 aromatic carbocycles. The molecule has 0 aliphatic rings. The van der Waals surface area contributed by atoms with Crippen molar-refractivity contribution in [2.24, 2.45) is 0 Å². The highest BCUT2D eigenvalue weighted by Gasteiger charge is 2.18. The molecule has 3 aromatic rings. The van der Waals surface area contributed by atoms with Crippen molar-refractivity contribution in [3.05, 3.63) is 53.9 Å². The van der Waals surface area contributed by atoms with Gasteiger partial charge in [0.05, 0.1) is 5.69 Å². The van der Waals surface area contributed by atoms with Gasteiger partial charge in [0.25, 0.3) is 5.91 Å². The Kier molecular flexibility index (Phi) is 2.87. The monoisotopic (exact) mass is 267 g/mol. The molecule has 0 spiro atoms. The summed E-state index contributed by atoms with van der Waals surface area (Å²) in [6.07, 6.45) is 1.68. The number of hydrogen-bond acceptors (Lipinski definition) is 4. The lowest BCUT2D eigenvalue weighted by atomic mass is 10.2. The second-order valence-corrected chi connectivity index (χ2v) is 4.52. The molecule has 100 valence electrons. The van der Waals surface area contributed by atoms with Crippen LogP contribution in [0.1, 0.15) is 16.1 Å². The average molecular weight is 267 g/mol. The zero-order chi connectivity index (χ0) is 14.1. The van der Waals surface area contributed by atoms with E-state index in [1.165, 1.54) is 0 Å². The molecule has 0 aliphatic heterocycles. The first kappa shape index (κ1) is 12.2. The van der Waals surface area contributed by atoms with Crippen LogP contribution in [-0.2, 0) is 0 Å². The third-order valence-corrected chi connectivity index (χ3v) is 2.99. The highest BCUT2D eigenvalue weighted by molar-refractivity contribution is 6.10. The van der Waals surface area contributed by atoms with E-state index in [0.29, 0.717) is 17.1 Å². The normalized spacial score (nSPS) is 10.7. The van der Waals surface area contributed by atoms with Crippen LogP contribution >= 0.6 is 0 Å². The first-order valence-corrected chi connectivity index (χ1v) is 6.16. The molecule has 0 fully saturated rings. The van der Waals surface area contributed by atoms with Crippen LogP contribution < -0.4 is 11.1 Å². The van der Waals surface area contributed by atoms with Crippen LogP contribution in [0.5, 0.6) is 0 Å².